The van der Waals surface area contributed by atoms with Gasteiger partial charge < -0.3 is 24.2 Å². The predicted octanol–water partition coefficient (Wildman–Crippen LogP) is 2.19. The Morgan fingerprint density at radius 3 is 2.96 bits per heavy atom. The molecule has 6 atom stereocenters. The predicted molar refractivity (Wildman–Crippen MR) is 90.9 cm³/mol. The van der Waals surface area contributed by atoms with Gasteiger partial charge in [0.15, 0.2) is 17.6 Å². The average molecular weight is 343 g/mol. The van der Waals surface area contributed by atoms with Crippen molar-refractivity contribution < 1.29 is 19.3 Å². The van der Waals surface area contributed by atoms with Crippen LogP contribution in [-0.4, -0.2) is 54.2 Å². The van der Waals surface area contributed by atoms with Crippen molar-refractivity contribution in [3.63, 3.8) is 0 Å². The normalized spacial score (nSPS) is 47.0. The van der Waals surface area contributed by atoms with Crippen LogP contribution >= 0.6 is 0 Å². The number of phenols is 1. The van der Waals surface area contributed by atoms with Crippen LogP contribution in [0.3, 0.4) is 0 Å². The number of fused-ring (bicyclic) bond motifs is 1. The number of ether oxygens (including phenoxy) is 3. The Morgan fingerprint density at radius 2 is 2.16 bits per heavy atom. The molecule has 1 aromatic rings. The van der Waals surface area contributed by atoms with E-state index in [0.29, 0.717) is 24.3 Å². The molecule has 3 aliphatic heterocycles. The van der Waals surface area contributed by atoms with Crippen LogP contribution < -0.4 is 4.74 Å². The van der Waals surface area contributed by atoms with Crippen molar-refractivity contribution >= 4 is 0 Å². The molecule has 6 rings (SSSR count). The lowest BCUT2D eigenvalue weighted by molar-refractivity contribution is -0.266. The average Bonchev–Trinajstić information content (AvgIpc) is 3.14. The first-order chi connectivity index (χ1) is 12.1. The summed E-state index contributed by atoms with van der Waals surface area (Å²) in [5, 5.41) is 10.5. The maximum atomic E-state index is 10.5. The van der Waals surface area contributed by atoms with E-state index in [9.17, 15) is 5.11 Å². The fourth-order valence-corrected chi connectivity index (χ4v) is 6.64. The van der Waals surface area contributed by atoms with Gasteiger partial charge in [-0.2, -0.15) is 0 Å². The number of hydrogen-bond donors (Lipinski definition) is 1. The van der Waals surface area contributed by atoms with Gasteiger partial charge in [-0.15, -0.1) is 0 Å². The SMILES string of the molecule is CC1COC2(CCC3[C@H]4Cc5ccc(O)c6c5[C@@]3(CCN4C)C2O6)O1. The molecular formula is C20H25NO4. The Morgan fingerprint density at radius 1 is 1.28 bits per heavy atom. The first-order valence-corrected chi connectivity index (χ1v) is 9.59. The molecule has 1 N–H and O–H groups in total. The van der Waals surface area contributed by atoms with Gasteiger partial charge in [-0.05, 0) is 57.3 Å². The van der Waals surface area contributed by atoms with Gasteiger partial charge in [0, 0.05) is 23.4 Å². The van der Waals surface area contributed by atoms with Crippen LogP contribution in [0.2, 0.25) is 0 Å². The second kappa shape index (κ2) is 4.51. The van der Waals surface area contributed by atoms with E-state index in [-0.39, 0.29) is 23.4 Å². The van der Waals surface area contributed by atoms with E-state index in [1.165, 1.54) is 11.1 Å². The monoisotopic (exact) mass is 343 g/mol. The van der Waals surface area contributed by atoms with Gasteiger partial charge in [0.25, 0.3) is 0 Å². The standard InChI is InChI=1S/C20H25NO4/c1-11-10-23-20(25-11)6-5-13-14-9-12-3-4-15(22)17-16(12)19(13,18(20)24-17)7-8-21(14)2/h3-4,11,13-14,18,22H,5-10H2,1-2H3/t11?,13?,14-,18?,19+,20?/m1/s1. The number of hydrogen-bond acceptors (Lipinski definition) is 5. The zero-order chi connectivity index (χ0) is 17.0. The van der Waals surface area contributed by atoms with Crippen LogP contribution in [0.1, 0.15) is 37.3 Å². The van der Waals surface area contributed by atoms with Crippen molar-refractivity contribution in [1.82, 2.24) is 4.90 Å². The largest absolute Gasteiger partial charge is 0.504 e. The summed E-state index contributed by atoms with van der Waals surface area (Å²) < 4.78 is 19.1. The van der Waals surface area contributed by atoms with E-state index in [2.05, 4.69) is 24.9 Å². The second-order valence-corrected chi connectivity index (χ2v) is 8.68. The summed E-state index contributed by atoms with van der Waals surface area (Å²) in [5.41, 5.74) is 2.52. The van der Waals surface area contributed by atoms with E-state index in [1.807, 2.05) is 0 Å². The van der Waals surface area contributed by atoms with Crippen LogP contribution in [0.4, 0.5) is 0 Å². The van der Waals surface area contributed by atoms with Crippen molar-refractivity contribution in [3.8, 4) is 11.5 Å². The van der Waals surface area contributed by atoms with Gasteiger partial charge in [0.2, 0.25) is 5.79 Å². The van der Waals surface area contributed by atoms with Crippen molar-refractivity contribution in [2.75, 3.05) is 20.2 Å². The molecule has 0 radical (unpaired) electrons. The minimum absolute atomic E-state index is 0.0822. The lowest BCUT2D eigenvalue weighted by Gasteiger charge is -2.60. The summed E-state index contributed by atoms with van der Waals surface area (Å²) in [7, 11) is 2.25. The van der Waals surface area contributed by atoms with Gasteiger partial charge in [-0.25, -0.2) is 0 Å². The zero-order valence-electron chi connectivity index (χ0n) is 14.8. The lowest BCUT2D eigenvalue weighted by Crippen LogP contribution is -2.70. The maximum absolute atomic E-state index is 10.5. The van der Waals surface area contributed by atoms with E-state index < -0.39 is 5.79 Å². The highest BCUT2D eigenvalue weighted by Gasteiger charge is 2.71. The Labute approximate surface area is 147 Å². The van der Waals surface area contributed by atoms with Crippen molar-refractivity contribution in [2.45, 2.75) is 62.1 Å². The zero-order valence-corrected chi connectivity index (χ0v) is 14.8. The molecule has 4 unspecified atom stereocenters. The lowest BCUT2D eigenvalue weighted by atomic mass is 9.50. The Bertz CT molecular complexity index is 766. The van der Waals surface area contributed by atoms with Crippen molar-refractivity contribution in [1.29, 1.82) is 0 Å². The molecule has 3 heterocycles. The molecule has 0 amide bonds. The topological polar surface area (TPSA) is 51.2 Å². The van der Waals surface area contributed by atoms with Crippen LogP contribution in [0, 0.1) is 5.92 Å². The number of nitrogens with zero attached hydrogens (tertiary/aromatic N) is 1. The Hall–Kier alpha value is -1.30. The highest BCUT2D eigenvalue weighted by Crippen LogP contribution is 2.66. The highest BCUT2D eigenvalue weighted by molar-refractivity contribution is 5.61. The first-order valence-electron chi connectivity index (χ1n) is 9.59. The summed E-state index contributed by atoms with van der Waals surface area (Å²) >= 11 is 0. The van der Waals surface area contributed by atoms with Gasteiger partial charge in [0.1, 0.15) is 0 Å². The van der Waals surface area contributed by atoms with Crippen LogP contribution in [0.15, 0.2) is 12.1 Å². The van der Waals surface area contributed by atoms with Crippen molar-refractivity contribution in [3.05, 3.63) is 23.3 Å². The second-order valence-electron chi connectivity index (χ2n) is 8.68. The summed E-state index contributed by atoms with van der Waals surface area (Å²) in [4.78, 5) is 2.53. The molecule has 134 valence electrons. The van der Waals surface area contributed by atoms with Crippen LogP contribution in [0.25, 0.3) is 0 Å². The summed E-state index contributed by atoms with van der Waals surface area (Å²) in [5.74, 6) is 0.847. The Kier molecular flexibility index (Phi) is 2.67. The number of phenolic OH excluding ortho intramolecular Hbond substituents is 1. The number of aromatic hydroxyl groups is 1. The molecule has 5 nitrogen and oxygen atoms in total. The minimum atomic E-state index is -0.656. The molecule has 2 saturated heterocycles. The summed E-state index contributed by atoms with van der Waals surface area (Å²) in [6, 6.07) is 4.44. The summed E-state index contributed by atoms with van der Waals surface area (Å²) in [6.45, 7) is 3.75. The van der Waals surface area contributed by atoms with Gasteiger partial charge in [0.05, 0.1) is 12.7 Å². The quantitative estimate of drug-likeness (QED) is 0.783. The molecule has 0 aromatic heterocycles. The fraction of sp³-hybridized carbons (Fsp3) is 0.700. The number of piperidine rings is 1. The Balaban J connectivity index is 1.60. The maximum Gasteiger partial charge on any atom is 0.207 e. The molecular weight excluding hydrogens is 318 g/mol. The molecule has 3 fully saturated rings. The molecule has 2 aliphatic carbocycles. The minimum Gasteiger partial charge on any atom is -0.504 e. The number of likely N-dealkylation sites (N-methyl/N-ethyl adjacent to an activating group) is 1. The smallest absolute Gasteiger partial charge is 0.207 e. The van der Waals surface area contributed by atoms with Crippen LogP contribution in [0.5, 0.6) is 11.5 Å². The van der Waals surface area contributed by atoms with E-state index in [4.69, 9.17) is 14.2 Å². The molecule has 1 saturated carbocycles. The molecule has 2 spiro atoms. The molecule has 2 bridgehead atoms. The third kappa shape index (κ3) is 1.57. The first kappa shape index (κ1) is 14.8. The highest BCUT2D eigenvalue weighted by atomic mass is 16.8. The molecule has 5 aliphatic rings. The van der Waals surface area contributed by atoms with Crippen molar-refractivity contribution in [2.24, 2.45) is 5.92 Å². The van der Waals surface area contributed by atoms with Gasteiger partial charge in [-0.1, -0.05) is 6.07 Å². The van der Waals surface area contributed by atoms with E-state index >= 15 is 0 Å². The fourth-order valence-electron chi connectivity index (χ4n) is 6.64. The molecule has 25 heavy (non-hydrogen) atoms. The summed E-state index contributed by atoms with van der Waals surface area (Å²) in [6.07, 6.45) is 4.01. The van der Waals surface area contributed by atoms with Gasteiger partial charge >= 0.3 is 0 Å². The number of rotatable bonds is 0. The van der Waals surface area contributed by atoms with E-state index in [0.717, 1.165) is 32.2 Å². The van der Waals surface area contributed by atoms with Gasteiger partial charge in [-0.3, -0.25) is 0 Å². The number of benzene rings is 1. The third-order valence-electron chi connectivity index (χ3n) is 7.56. The van der Waals surface area contributed by atoms with Crippen LogP contribution in [-0.2, 0) is 21.3 Å². The molecule has 1 aromatic carbocycles. The number of likely N-dealkylation sites (tertiary alicyclic amines) is 1. The molecule has 5 heteroatoms. The third-order valence-corrected chi connectivity index (χ3v) is 7.56. The van der Waals surface area contributed by atoms with E-state index in [1.54, 1.807) is 6.07 Å².